The Hall–Kier alpha value is -2.12. The molecule has 0 bridgehead atoms. The van der Waals surface area contributed by atoms with Crippen molar-refractivity contribution in [1.29, 1.82) is 5.26 Å². The van der Waals surface area contributed by atoms with Crippen molar-refractivity contribution in [2.75, 3.05) is 7.05 Å². The third-order valence-electron chi connectivity index (χ3n) is 2.84. The Morgan fingerprint density at radius 3 is 2.88 bits per heavy atom. The maximum absolute atomic E-state index is 9.01. The number of nitrogens with one attached hydrogen (secondary N) is 1. The van der Waals surface area contributed by atoms with E-state index in [4.69, 9.17) is 5.26 Å². The highest BCUT2D eigenvalue weighted by Gasteiger charge is 2.12. The fourth-order valence-electron chi connectivity index (χ4n) is 1.81. The van der Waals surface area contributed by atoms with Crippen molar-refractivity contribution in [3.05, 3.63) is 48.0 Å². The largest absolute Gasteiger partial charge is 0.313 e. The van der Waals surface area contributed by atoms with Crippen molar-refractivity contribution < 1.29 is 0 Å². The third-order valence-corrected chi connectivity index (χ3v) is 2.84. The summed E-state index contributed by atoms with van der Waals surface area (Å²) in [6.07, 6.45) is 3.44. The van der Waals surface area contributed by atoms with E-state index in [-0.39, 0.29) is 6.04 Å². The van der Waals surface area contributed by atoms with Crippen molar-refractivity contribution in [1.82, 2.24) is 14.9 Å². The Labute approximate surface area is 101 Å². The van der Waals surface area contributed by atoms with Crippen LogP contribution >= 0.6 is 0 Å². The molecule has 1 aromatic heterocycles. The zero-order valence-electron chi connectivity index (χ0n) is 9.88. The van der Waals surface area contributed by atoms with E-state index in [1.807, 2.05) is 29.8 Å². The van der Waals surface area contributed by atoms with Crippen LogP contribution in [0.4, 0.5) is 0 Å². The molecule has 0 fully saturated rings. The molecule has 0 aliphatic rings. The molecule has 17 heavy (non-hydrogen) atoms. The molecular formula is C13H14N4. The van der Waals surface area contributed by atoms with Gasteiger partial charge in [0.05, 0.1) is 5.69 Å². The van der Waals surface area contributed by atoms with Crippen LogP contribution in [0.15, 0.2) is 36.7 Å². The molecule has 0 radical (unpaired) electrons. The Balaban J connectivity index is 2.57. The van der Waals surface area contributed by atoms with E-state index in [1.54, 1.807) is 12.4 Å². The van der Waals surface area contributed by atoms with Gasteiger partial charge in [-0.2, -0.15) is 5.26 Å². The predicted molar refractivity (Wildman–Crippen MR) is 65.8 cm³/mol. The summed E-state index contributed by atoms with van der Waals surface area (Å²) in [7, 11) is 1.92. The molecule has 0 spiro atoms. The number of nitrogens with zero attached hydrogens (tertiary/aromatic N) is 3. The van der Waals surface area contributed by atoms with Crippen LogP contribution in [0.3, 0.4) is 0 Å². The molecule has 0 aliphatic heterocycles. The van der Waals surface area contributed by atoms with E-state index in [9.17, 15) is 0 Å². The SMILES string of the molecule is CNC(C)c1ccccc1-n1ccnc1C#N. The van der Waals surface area contributed by atoms with Crippen molar-refractivity contribution in [3.8, 4) is 11.8 Å². The summed E-state index contributed by atoms with van der Waals surface area (Å²) in [6.45, 7) is 2.09. The lowest BCUT2D eigenvalue weighted by molar-refractivity contribution is 0.647. The van der Waals surface area contributed by atoms with E-state index >= 15 is 0 Å². The number of benzene rings is 1. The number of hydrogen-bond acceptors (Lipinski definition) is 3. The van der Waals surface area contributed by atoms with Gasteiger partial charge in [0.25, 0.3) is 0 Å². The lowest BCUT2D eigenvalue weighted by atomic mass is 10.1. The third kappa shape index (κ3) is 2.05. The van der Waals surface area contributed by atoms with Crippen LogP contribution < -0.4 is 5.32 Å². The highest BCUT2D eigenvalue weighted by Crippen LogP contribution is 2.22. The second-order valence-corrected chi connectivity index (χ2v) is 3.80. The lowest BCUT2D eigenvalue weighted by Crippen LogP contribution is -2.15. The molecule has 1 unspecified atom stereocenters. The Morgan fingerprint density at radius 1 is 1.41 bits per heavy atom. The molecule has 2 rings (SSSR count). The zero-order chi connectivity index (χ0) is 12.3. The van der Waals surface area contributed by atoms with Crippen LogP contribution in [0.1, 0.15) is 24.4 Å². The second kappa shape index (κ2) is 4.81. The summed E-state index contributed by atoms with van der Waals surface area (Å²) >= 11 is 0. The van der Waals surface area contributed by atoms with Crippen LogP contribution in [0.25, 0.3) is 5.69 Å². The van der Waals surface area contributed by atoms with Gasteiger partial charge in [0.1, 0.15) is 6.07 Å². The normalized spacial score (nSPS) is 12.1. The molecular weight excluding hydrogens is 212 g/mol. The standard InChI is InChI=1S/C13H14N4/c1-10(15-2)11-5-3-4-6-12(11)17-8-7-16-13(17)9-14/h3-8,10,15H,1-2H3. The summed E-state index contributed by atoms with van der Waals surface area (Å²) in [6, 6.07) is 10.3. The fourth-order valence-corrected chi connectivity index (χ4v) is 1.81. The number of rotatable bonds is 3. The average Bonchev–Trinajstić information content (AvgIpc) is 2.86. The van der Waals surface area contributed by atoms with Gasteiger partial charge in [0.2, 0.25) is 5.82 Å². The molecule has 2 aromatic rings. The van der Waals surface area contributed by atoms with Crippen LogP contribution in [0.5, 0.6) is 0 Å². The summed E-state index contributed by atoms with van der Waals surface area (Å²) in [4.78, 5) is 4.02. The summed E-state index contributed by atoms with van der Waals surface area (Å²) in [5.74, 6) is 0.403. The van der Waals surface area contributed by atoms with Gasteiger partial charge in [-0.25, -0.2) is 4.98 Å². The first-order valence-electron chi connectivity index (χ1n) is 5.48. The number of imidazole rings is 1. The van der Waals surface area contributed by atoms with Crippen LogP contribution in [-0.4, -0.2) is 16.6 Å². The van der Waals surface area contributed by atoms with Gasteiger partial charge in [-0.15, -0.1) is 0 Å². The maximum atomic E-state index is 9.01. The molecule has 1 atom stereocenters. The lowest BCUT2D eigenvalue weighted by Gasteiger charge is -2.16. The molecule has 1 heterocycles. The van der Waals surface area contributed by atoms with Gasteiger partial charge >= 0.3 is 0 Å². The monoisotopic (exact) mass is 226 g/mol. The highest BCUT2D eigenvalue weighted by molar-refractivity contribution is 5.45. The van der Waals surface area contributed by atoms with E-state index in [2.05, 4.69) is 29.4 Å². The highest BCUT2D eigenvalue weighted by atomic mass is 15.1. The molecule has 4 nitrogen and oxygen atoms in total. The Kier molecular flexibility index (Phi) is 3.22. The average molecular weight is 226 g/mol. The molecule has 1 aromatic carbocycles. The maximum Gasteiger partial charge on any atom is 0.217 e. The molecule has 4 heteroatoms. The molecule has 0 aliphatic carbocycles. The van der Waals surface area contributed by atoms with Gasteiger partial charge in [-0.1, -0.05) is 18.2 Å². The topological polar surface area (TPSA) is 53.6 Å². The van der Waals surface area contributed by atoms with Gasteiger partial charge in [0, 0.05) is 18.4 Å². The molecule has 0 saturated carbocycles. The molecule has 1 N–H and O–H groups in total. The number of hydrogen-bond donors (Lipinski definition) is 1. The van der Waals surface area contributed by atoms with Crippen molar-refractivity contribution in [2.24, 2.45) is 0 Å². The smallest absolute Gasteiger partial charge is 0.217 e. The van der Waals surface area contributed by atoms with Crippen LogP contribution in [0.2, 0.25) is 0 Å². The second-order valence-electron chi connectivity index (χ2n) is 3.80. The molecule has 86 valence electrons. The minimum absolute atomic E-state index is 0.222. The van der Waals surface area contributed by atoms with E-state index in [0.29, 0.717) is 5.82 Å². The number of para-hydroxylation sites is 1. The zero-order valence-corrected chi connectivity index (χ0v) is 9.88. The van der Waals surface area contributed by atoms with Gasteiger partial charge < -0.3 is 5.32 Å². The quantitative estimate of drug-likeness (QED) is 0.871. The minimum Gasteiger partial charge on any atom is -0.313 e. The summed E-state index contributed by atoms with van der Waals surface area (Å²) in [5.41, 5.74) is 2.13. The number of nitriles is 1. The van der Waals surface area contributed by atoms with Crippen molar-refractivity contribution in [2.45, 2.75) is 13.0 Å². The number of aromatic nitrogens is 2. The first kappa shape index (κ1) is 11.4. The summed E-state index contributed by atoms with van der Waals surface area (Å²) in [5, 5.41) is 12.2. The summed E-state index contributed by atoms with van der Waals surface area (Å²) < 4.78 is 1.81. The first-order chi connectivity index (χ1) is 8.27. The van der Waals surface area contributed by atoms with Gasteiger partial charge in [-0.05, 0) is 25.6 Å². The Morgan fingerprint density at radius 2 is 2.18 bits per heavy atom. The van der Waals surface area contributed by atoms with Gasteiger partial charge in [0.15, 0.2) is 0 Å². The van der Waals surface area contributed by atoms with Crippen LogP contribution in [-0.2, 0) is 0 Å². The van der Waals surface area contributed by atoms with E-state index in [1.165, 1.54) is 0 Å². The van der Waals surface area contributed by atoms with E-state index in [0.717, 1.165) is 11.3 Å². The van der Waals surface area contributed by atoms with Crippen molar-refractivity contribution in [3.63, 3.8) is 0 Å². The van der Waals surface area contributed by atoms with E-state index < -0.39 is 0 Å². The minimum atomic E-state index is 0.222. The van der Waals surface area contributed by atoms with Crippen molar-refractivity contribution >= 4 is 0 Å². The predicted octanol–water partition coefficient (Wildman–Crippen LogP) is 2.02. The first-order valence-corrected chi connectivity index (χ1v) is 5.48. The fraction of sp³-hybridized carbons (Fsp3) is 0.231. The Bertz CT molecular complexity index is 551. The molecule has 0 saturated heterocycles. The molecule has 0 amide bonds. The van der Waals surface area contributed by atoms with Crippen LogP contribution in [0, 0.1) is 11.3 Å². The van der Waals surface area contributed by atoms with Gasteiger partial charge in [-0.3, -0.25) is 4.57 Å².